The summed E-state index contributed by atoms with van der Waals surface area (Å²) in [6, 6.07) is 18.6. The zero-order valence-electron chi connectivity index (χ0n) is 12.6. The fourth-order valence-corrected chi connectivity index (χ4v) is 4.27. The van der Waals surface area contributed by atoms with Crippen molar-refractivity contribution in [2.24, 2.45) is 0 Å². The summed E-state index contributed by atoms with van der Waals surface area (Å²) in [6.07, 6.45) is 0. The number of hydrogen-bond donors (Lipinski definition) is 0. The van der Waals surface area contributed by atoms with Crippen LogP contribution in [0.15, 0.2) is 65.9 Å². The molecule has 2 aromatic rings. The lowest BCUT2D eigenvalue weighted by Crippen LogP contribution is -2.32. The molecule has 0 fully saturated rings. The molecule has 1 aliphatic rings. The molecular weight excluding hydrogens is 290 g/mol. The van der Waals surface area contributed by atoms with Gasteiger partial charge in [-0.1, -0.05) is 61.6 Å². The molecule has 3 nitrogen and oxygen atoms in total. The van der Waals surface area contributed by atoms with Gasteiger partial charge in [0, 0.05) is 5.20 Å². The molecule has 0 aromatic heterocycles. The number of amides is 2. The molecule has 0 aliphatic carbocycles. The van der Waals surface area contributed by atoms with Crippen LogP contribution in [-0.4, -0.2) is 20.6 Å². The van der Waals surface area contributed by atoms with E-state index < -0.39 is 8.80 Å². The second-order valence-corrected chi connectivity index (χ2v) is 8.48. The van der Waals surface area contributed by atoms with Crippen molar-refractivity contribution in [1.82, 2.24) is 0 Å². The van der Waals surface area contributed by atoms with E-state index in [9.17, 15) is 9.59 Å². The van der Waals surface area contributed by atoms with Crippen LogP contribution < -0.4 is 4.90 Å². The van der Waals surface area contributed by atoms with Gasteiger partial charge in [0.2, 0.25) is 0 Å². The molecule has 0 N–H and O–H groups in total. The van der Waals surface area contributed by atoms with Gasteiger partial charge < -0.3 is 0 Å². The second kappa shape index (κ2) is 5.73. The van der Waals surface area contributed by atoms with Crippen LogP contribution >= 0.6 is 0 Å². The van der Waals surface area contributed by atoms with Crippen molar-refractivity contribution < 1.29 is 9.59 Å². The zero-order chi connectivity index (χ0) is 15.7. The number of para-hydroxylation sites is 1. The van der Waals surface area contributed by atoms with Crippen molar-refractivity contribution in [3.8, 4) is 0 Å². The molecule has 0 radical (unpaired) electrons. The third-order valence-corrected chi connectivity index (χ3v) is 5.46. The van der Waals surface area contributed by atoms with E-state index in [0.717, 1.165) is 10.8 Å². The summed E-state index contributed by atoms with van der Waals surface area (Å²) < 4.78 is 0. The van der Waals surface area contributed by atoms with Crippen LogP contribution in [0.1, 0.15) is 5.56 Å². The summed E-state index contributed by atoms with van der Waals surface area (Å²) in [6.45, 7) is 4.16. The summed E-state index contributed by atoms with van der Waals surface area (Å²) in [7, 11) is -1.44. The molecule has 0 saturated carbocycles. The molecule has 110 valence electrons. The Balaban J connectivity index is 2.14. The number of hydrogen-bond acceptors (Lipinski definition) is 2. The largest absolute Gasteiger partial charge is 0.269 e. The predicted molar refractivity (Wildman–Crippen MR) is 91.2 cm³/mol. The Morgan fingerprint density at radius 2 is 1.32 bits per heavy atom. The normalized spacial score (nSPS) is 15.1. The molecule has 3 rings (SSSR count). The monoisotopic (exact) mass is 307 g/mol. The minimum Gasteiger partial charge on any atom is -0.269 e. The molecule has 4 heteroatoms. The average molecular weight is 307 g/mol. The molecule has 0 atom stereocenters. The Hall–Kier alpha value is -2.46. The maximum Gasteiger partial charge on any atom is 0.265 e. The summed E-state index contributed by atoms with van der Waals surface area (Å²) in [4.78, 5) is 27.0. The van der Waals surface area contributed by atoms with Crippen LogP contribution in [0, 0.1) is 0 Å². The Morgan fingerprint density at radius 1 is 0.773 bits per heavy atom. The fraction of sp³-hybridized carbons (Fsp3) is 0.111. The van der Waals surface area contributed by atoms with Crippen molar-refractivity contribution in [3.05, 3.63) is 71.4 Å². The van der Waals surface area contributed by atoms with Crippen LogP contribution in [-0.2, 0) is 9.59 Å². The lowest BCUT2D eigenvalue weighted by molar-refractivity contribution is -0.119. The first-order valence-electron chi connectivity index (χ1n) is 7.34. The van der Waals surface area contributed by atoms with Gasteiger partial charge in [-0.15, -0.1) is 0 Å². The molecular formula is C18H17NO2Si. The van der Waals surface area contributed by atoms with E-state index in [4.69, 9.17) is 0 Å². The third-order valence-electron chi connectivity index (χ3n) is 3.77. The highest BCUT2D eigenvalue weighted by molar-refractivity contribution is 6.76. The van der Waals surface area contributed by atoms with Gasteiger partial charge in [0.15, 0.2) is 0 Å². The van der Waals surface area contributed by atoms with Gasteiger partial charge >= 0.3 is 0 Å². The summed E-state index contributed by atoms with van der Waals surface area (Å²) >= 11 is 0. The van der Waals surface area contributed by atoms with Gasteiger partial charge in [-0.05, 0) is 17.7 Å². The van der Waals surface area contributed by atoms with Crippen molar-refractivity contribution in [1.29, 1.82) is 0 Å². The molecule has 22 heavy (non-hydrogen) atoms. The predicted octanol–water partition coefficient (Wildman–Crippen LogP) is 3.04. The highest BCUT2D eigenvalue weighted by Gasteiger charge is 2.40. The summed E-state index contributed by atoms with van der Waals surface area (Å²) in [5.41, 5.74) is 2.04. The van der Waals surface area contributed by atoms with Crippen molar-refractivity contribution >= 4 is 31.9 Å². The Labute approximate surface area is 131 Å². The van der Waals surface area contributed by atoms with Gasteiger partial charge in [-0.2, -0.15) is 0 Å². The van der Waals surface area contributed by atoms with Crippen molar-refractivity contribution in [2.45, 2.75) is 13.1 Å². The van der Waals surface area contributed by atoms with Crippen LogP contribution in [0.4, 0.5) is 5.69 Å². The van der Waals surface area contributed by atoms with E-state index in [1.165, 1.54) is 4.90 Å². The second-order valence-electron chi connectivity index (χ2n) is 5.59. The first kappa shape index (κ1) is 14.5. The molecule has 0 bridgehead atoms. The minimum absolute atomic E-state index is 0.156. The summed E-state index contributed by atoms with van der Waals surface area (Å²) in [5, 5.41) is 0.722. The molecule has 2 aromatic carbocycles. The maximum absolute atomic E-state index is 12.9. The van der Waals surface area contributed by atoms with Crippen LogP contribution in [0.2, 0.25) is 13.1 Å². The topological polar surface area (TPSA) is 37.4 Å². The van der Waals surface area contributed by atoms with E-state index in [2.05, 4.69) is 13.1 Å². The highest BCUT2D eigenvalue weighted by atomic mass is 28.3. The van der Waals surface area contributed by atoms with Crippen molar-refractivity contribution in [2.75, 3.05) is 4.90 Å². The third kappa shape index (κ3) is 2.31. The number of carbonyl (C=O) groups is 2. The number of benzene rings is 2. The van der Waals surface area contributed by atoms with Crippen LogP contribution in [0.5, 0.6) is 0 Å². The lowest BCUT2D eigenvalue weighted by Gasteiger charge is -2.15. The fourth-order valence-electron chi connectivity index (χ4n) is 2.78. The number of nitrogens with zero attached hydrogens (tertiary/aromatic N) is 1. The van der Waals surface area contributed by atoms with Gasteiger partial charge in [0.25, 0.3) is 11.8 Å². The van der Waals surface area contributed by atoms with Gasteiger partial charge in [-0.25, -0.2) is 4.90 Å². The van der Waals surface area contributed by atoms with Crippen LogP contribution in [0.3, 0.4) is 0 Å². The lowest BCUT2D eigenvalue weighted by atomic mass is 10.1. The van der Waals surface area contributed by atoms with Gasteiger partial charge in [0.05, 0.1) is 20.1 Å². The van der Waals surface area contributed by atoms with Gasteiger partial charge in [0.1, 0.15) is 0 Å². The zero-order valence-corrected chi connectivity index (χ0v) is 13.8. The minimum atomic E-state index is -1.44. The molecule has 0 spiro atoms. The molecule has 2 amide bonds. The van der Waals surface area contributed by atoms with Crippen molar-refractivity contribution in [3.63, 3.8) is 0 Å². The quantitative estimate of drug-likeness (QED) is 0.645. The first-order chi connectivity index (χ1) is 10.6. The van der Waals surface area contributed by atoms with E-state index in [-0.39, 0.29) is 11.8 Å². The van der Waals surface area contributed by atoms with E-state index in [1.54, 1.807) is 12.1 Å². The number of imide groups is 1. The van der Waals surface area contributed by atoms with E-state index in [1.807, 2.05) is 48.5 Å². The molecule has 1 heterocycles. The first-order valence-corrected chi connectivity index (χ1v) is 10.2. The smallest absolute Gasteiger partial charge is 0.265 e. The molecule has 1 aliphatic heterocycles. The average Bonchev–Trinajstić information content (AvgIpc) is 2.80. The highest BCUT2D eigenvalue weighted by Crippen LogP contribution is 2.33. The van der Waals surface area contributed by atoms with E-state index in [0.29, 0.717) is 11.3 Å². The van der Waals surface area contributed by atoms with Gasteiger partial charge in [-0.3, -0.25) is 9.59 Å². The maximum atomic E-state index is 12.9. The van der Waals surface area contributed by atoms with Crippen LogP contribution in [0.25, 0.3) is 5.57 Å². The SMILES string of the molecule is C[SiH](C)C1=C(c2ccccc2)C(=O)N(c2ccccc2)C1=O. The standard InChI is InChI=1S/C18H17NO2Si/c1-22(2)16-15(13-9-5-3-6-10-13)17(20)19(18(16)21)14-11-7-4-8-12-14/h3-12,22H,1-2H3. The Bertz CT molecular complexity index is 751. The number of rotatable bonds is 3. The molecule has 0 saturated heterocycles. The number of anilines is 1. The molecule has 0 unspecified atom stereocenters. The number of carbonyl (C=O) groups excluding carboxylic acids is 2. The Morgan fingerprint density at radius 3 is 1.86 bits per heavy atom. The van der Waals surface area contributed by atoms with E-state index >= 15 is 0 Å². The Kier molecular flexibility index (Phi) is 3.77. The summed E-state index contributed by atoms with van der Waals surface area (Å²) in [5.74, 6) is -0.365.